The number of aliphatic carboxylic acids is 1. The van der Waals surface area contributed by atoms with E-state index in [-0.39, 0.29) is 28.4 Å². The molecule has 1 aromatic rings. The number of fused-ring (bicyclic) bond motifs is 1. The Kier molecular flexibility index (Phi) is 5.75. The molecule has 1 aliphatic rings. The van der Waals surface area contributed by atoms with Gasteiger partial charge in [-0.2, -0.15) is 0 Å². The Bertz CT molecular complexity index is 713. The summed E-state index contributed by atoms with van der Waals surface area (Å²) in [6.45, 7) is 3.10. The summed E-state index contributed by atoms with van der Waals surface area (Å²) in [4.78, 5) is 41.2. The predicted octanol–water partition coefficient (Wildman–Crippen LogP) is 1.48. The molecule has 1 aromatic carbocycles. The van der Waals surface area contributed by atoms with Gasteiger partial charge in [0.05, 0.1) is 23.1 Å². The average molecular weight is 364 g/mol. The Morgan fingerprint density at radius 3 is 2.31 bits per heavy atom. The molecule has 0 spiro atoms. The van der Waals surface area contributed by atoms with Crippen LogP contribution in [0.25, 0.3) is 0 Å². The van der Waals surface area contributed by atoms with Gasteiger partial charge in [-0.15, -0.1) is 5.01 Å². The molecule has 10 nitrogen and oxygen atoms in total. The van der Waals surface area contributed by atoms with E-state index in [0.29, 0.717) is 0 Å². The number of hydrazine groups is 1. The summed E-state index contributed by atoms with van der Waals surface area (Å²) in [5.41, 5.74) is 0.500. The maximum Gasteiger partial charge on any atom is 0.332 e. The molecule has 26 heavy (non-hydrogen) atoms. The van der Waals surface area contributed by atoms with Gasteiger partial charge in [-0.05, 0) is 24.5 Å². The Morgan fingerprint density at radius 2 is 1.85 bits per heavy atom. The second-order valence-corrected chi connectivity index (χ2v) is 6.23. The van der Waals surface area contributed by atoms with Crippen LogP contribution in [0.3, 0.4) is 0 Å². The van der Waals surface area contributed by atoms with Gasteiger partial charge in [0.25, 0.3) is 11.8 Å². The lowest BCUT2D eigenvalue weighted by Crippen LogP contribution is -2.43. The number of carbonyl (C=O) groups is 3. The smallest absolute Gasteiger partial charge is 0.332 e. The van der Waals surface area contributed by atoms with Gasteiger partial charge in [0.15, 0.2) is 6.04 Å². The zero-order chi connectivity index (χ0) is 19.4. The van der Waals surface area contributed by atoms with Crippen LogP contribution in [-0.4, -0.2) is 57.6 Å². The summed E-state index contributed by atoms with van der Waals surface area (Å²) in [5, 5.41) is 25.2. The monoisotopic (exact) mass is 364 g/mol. The lowest BCUT2D eigenvalue weighted by molar-refractivity contribution is -0.711. The van der Waals surface area contributed by atoms with Crippen LogP contribution in [0.4, 0.5) is 0 Å². The van der Waals surface area contributed by atoms with Gasteiger partial charge >= 0.3 is 5.97 Å². The summed E-state index contributed by atoms with van der Waals surface area (Å²) >= 11 is 0. The maximum absolute atomic E-state index is 12.1. The third kappa shape index (κ3) is 3.90. The van der Waals surface area contributed by atoms with Gasteiger partial charge in [-0.25, -0.2) is 9.69 Å². The van der Waals surface area contributed by atoms with Crippen LogP contribution in [0.2, 0.25) is 0 Å². The molecule has 0 aliphatic carbocycles. The molecule has 1 aliphatic heterocycles. The number of benzene rings is 1. The standard InChI is InChI=1S/C16H20N4O6/c1-10(2)8-13(16(23)24)18(3)20(25)17-26-9-19-14(21)11-6-4-5-7-12(11)15(19)22/h4-7,10,13H,8-9H2,1-3H3,(H,23,24)/t13-/m0/s1. The third-order valence-corrected chi connectivity index (χ3v) is 3.89. The first-order chi connectivity index (χ1) is 12.2. The van der Waals surface area contributed by atoms with Crippen LogP contribution in [0.15, 0.2) is 29.5 Å². The fourth-order valence-electron chi connectivity index (χ4n) is 2.53. The number of carbonyl (C=O) groups excluding carboxylic acids is 2. The first-order valence-corrected chi connectivity index (χ1v) is 7.95. The van der Waals surface area contributed by atoms with Crippen LogP contribution in [0.1, 0.15) is 41.0 Å². The quantitative estimate of drug-likeness (QED) is 0.320. The van der Waals surface area contributed by atoms with Crippen molar-refractivity contribution in [3.05, 3.63) is 40.6 Å². The number of carboxylic acid groups (broad SMARTS) is 1. The molecule has 10 heteroatoms. The first kappa shape index (κ1) is 19.2. The van der Waals surface area contributed by atoms with Crippen LogP contribution >= 0.6 is 0 Å². The largest absolute Gasteiger partial charge is 0.569 e. The number of hydrogen-bond donors (Lipinski definition) is 1. The Balaban J connectivity index is 2.00. The van der Waals surface area contributed by atoms with E-state index < -0.39 is 30.6 Å². The minimum atomic E-state index is -1.17. The Hall–Kier alpha value is -3.17. The van der Waals surface area contributed by atoms with Crippen molar-refractivity contribution in [1.82, 2.24) is 9.91 Å². The molecule has 0 saturated carbocycles. The van der Waals surface area contributed by atoms with Gasteiger partial charge in [-0.1, -0.05) is 26.0 Å². The molecule has 0 saturated heterocycles. The number of amides is 2. The number of nitrogens with zero attached hydrogens (tertiary/aromatic N) is 4. The molecule has 2 rings (SSSR count). The number of carboxylic acids is 1. The molecule has 0 unspecified atom stereocenters. The highest BCUT2D eigenvalue weighted by Crippen LogP contribution is 2.22. The van der Waals surface area contributed by atoms with Crippen molar-refractivity contribution >= 4 is 17.8 Å². The normalized spacial score (nSPS) is 15.2. The van der Waals surface area contributed by atoms with E-state index in [1.54, 1.807) is 12.1 Å². The number of rotatable bonds is 8. The number of hydrogen-bond acceptors (Lipinski definition) is 6. The molecular weight excluding hydrogens is 344 g/mol. The van der Waals surface area contributed by atoms with E-state index in [0.717, 1.165) is 9.91 Å². The molecule has 1 heterocycles. The van der Waals surface area contributed by atoms with Crippen LogP contribution in [0, 0.1) is 11.1 Å². The molecule has 0 aromatic heterocycles. The van der Waals surface area contributed by atoms with Gasteiger partial charge < -0.3 is 15.2 Å². The second-order valence-electron chi connectivity index (χ2n) is 6.23. The zero-order valence-corrected chi connectivity index (χ0v) is 14.7. The SMILES string of the molecule is CC(C)C[C@@H](C(=O)O)N(C)[N+]([O-])=NOCN1C(=O)c2ccccc2C1=O. The van der Waals surface area contributed by atoms with Crippen LogP contribution in [-0.2, 0) is 9.63 Å². The van der Waals surface area contributed by atoms with Crippen LogP contribution in [0.5, 0.6) is 0 Å². The first-order valence-electron chi connectivity index (χ1n) is 7.95. The van der Waals surface area contributed by atoms with Crippen molar-refractivity contribution in [2.24, 2.45) is 11.2 Å². The average Bonchev–Trinajstić information content (AvgIpc) is 2.83. The van der Waals surface area contributed by atoms with Crippen molar-refractivity contribution in [1.29, 1.82) is 0 Å². The summed E-state index contributed by atoms with van der Waals surface area (Å²) in [6.07, 6.45) is 0.235. The molecule has 140 valence electrons. The van der Waals surface area contributed by atoms with E-state index >= 15 is 0 Å². The summed E-state index contributed by atoms with van der Waals surface area (Å²) in [6, 6.07) is 5.22. The Morgan fingerprint density at radius 1 is 1.31 bits per heavy atom. The maximum atomic E-state index is 12.1. The molecule has 2 amide bonds. The second kappa shape index (κ2) is 7.81. The highest BCUT2D eigenvalue weighted by atomic mass is 16.7. The highest BCUT2D eigenvalue weighted by molar-refractivity contribution is 6.21. The zero-order valence-electron chi connectivity index (χ0n) is 14.7. The van der Waals surface area contributed by atoms with E-state index in [1.165, 1.54) is 19.2 Å². The minimum absolute atomic E-state index is 0.0146. The fraction of sp³-hybridized carbons (Fsp3) is 0.438. The summed E-state index contributed by atoms with van der Waals surface area (Å²) < 4.78 is 0. The summed E-state index contributed by atoms with van der Waals surface area (Å²) in [5.74, 6) is -2.21. The number of imide groups is 1. The topological polar surface area (TPSA) is 126 Å². The minimum Gasteiger partial charge on any atom is -0.569 e. The van der Waals surface area contributed by atoms with E-state index in [9.17, 15) is 24.7 Å². The predicted molar refractivity (Wildman–Crippen MR) is 87.6 cm³/mol. The molecule has 0 fully saturated rings. The van der Waals surface area contributed by atoms with E-state index in [1.807, 2.05) is 13.8 Å². The van der Waals surface area contributed by atoms with Crippen molar-refractivity contribution in [2.75, 3.05) is 13.8 Å². The third-order valence-electron chi connectivity index (χ3n) is 3.89. The van der Waals surface area contributed by atoms with Gasteiger partial charge in [0.1, 0.15) is 0 Å². The van der Waals surface area contributed by atoms with E-state index in [2.05, 4.69) is 5.28 Å². The van der Waals surface area contributed by atoms with Crippen molar-refractivity contribution in [3.8, 4) is 0 Å². The summed E-state index contributed by atoms with van der Waals surface area (Å²) in [7, 11) is 1.27. The molecule has 1 atom stereocenters. The highest BCUT2D eigenvalue weighted by Gasteiger charge is 2.36. The van der Waals surface area contributed by atoms with Gasteiger partial charge in [0.2, 0.25) is 12.0 Å². The number of likely N-dealkylation sites (N-methyl/N-ethyl adjacent to an activating group) is 1. The molecular formula is C16H20N4O6. The molecule has 0 bridgehead atoms. The molecule has 1 N–H and O–H groups in total. The van der Waals surface area contributed by atoms with E-state index in [4.69, 9.17) is 4.84 Å². The molecule has 0 radical (unpaired) electrons. The Labute approximate surface area is 149 Å². The van der Waals surface area contributed by atoms with Crippen LogP contribution < -0.4 is 0 Å². The lowest BCUT2D eigenvalue weighted by atomic mass is 10.0. The lowest BCUT2D eigenvalue weighted by Gasteiger charge is -2.21. The van der Waals surface area contributed by atoms with Crippen molar-refractivity contribution in [2.45, 2.75) is 26.3 Å². The van der Waals surface area contributed by atoms with Crippen molar-refractivity contribution < 1.29 is 29.3 Å². The van der Waals surface area contributed by atoms with Gasteiger partial charge in [-0.3, -0.25) is 9.59 Å². The van der Waals surface area contributed by atoms with Gasteiger partial charge in [0, 0.05) is 0 Å². The van der Waals surface area contributed by atoms with Crippen molar-refractivity contribution in [3.63, 3.8) is 0 Å². The fourth-order valence-corrected chi connectivity index (χ4v) is 2.53.